The van der Waals surface area contributed by atoms with Gasteiger partial charge in [0.25, 0.3) is 0 Å². The zero-order chi connectivity index (χ0) is 9.78. The summed E-state index contributed by atoms with van der Waals surface area (Å²) in [5.74, 6) is 1.00. The van der Waals surface area contributed by atoms with Gasteiger partial charge in [-0.15, -0.1) is 0 Å². The van der Waals surface area contributed by atoms with Gasteiger partial charge < -0.3 is 0 Å². The summed E-state index contributed by atoms with van der Waals surface area (Å²) < 4.78 is 23.5. The van der Waals surface area contributed by atoms with Crippen LogP contribution in [0.1, 0.15) is 13.3 Å². The summed E-state index contributed by atoms with van der Waals surface area (Å²) >= 11 is 1.74. The molecule has 0 aromatic carbocycles. The normalized spacial score (nSPS) is 15.1. The highest BCUT2D eigenvalue weighted by Gasteiger charge is 2.17. The number of rotatable bonds is 5. The van der Waals surface area contributed by atoms with Crippen LogP contribution in [-0.4, -0.2) is 44.1 Å². The van der Waals surface area contributed by atoms with Gasteiger partial charge in [0.2, 0.25) is 10.0 Å². The van der Waals surface area contributed by atoms with Crippen LogP contribution in [0.15, 0.2) is 0 Å². The van der Waals surface area contributed by atoms with Crippen LogP contribution in [0.4, 0.5) is 0 Å². The molecule has 0 aromatic heterocycles. The Hall–Kier alpha value is 0.260. The Balaban J connectivity index is 4.02. The lowest BCUT2D eigenvalue weighted by Crippen LogP contribution is -2.34. The van der Waals surface area contributed by atoms with Gasteiger partial charge in [-0.05, 0) is 25.4 Å². The molecule has 0 amide bonds. The van der Waals surface area contributed by atoms with Crippen molar-refractivity contribution in [2.75, 3.05) is 25.3 Å². The lowest BCUT2D eigenvalue weighted by atomic mass is 10.3. The maximum Gasteiger partial charge on any atom is 0.211 e. The van der Waals surface area contributed by atoms with Crippen molar-refractivity contribution in [3.05, 3.63) is 0 Å². The Morgan fingerprint density at radius 2 is 2.00 bits per heavy atom. The average molecular weight is 211 g/mol. The van der Waals surface area contributed by atoms with Gasteiger partial charge in [0.15, 0.2) is 0 Å². The molecule has 0 aliphatic rings. The van der Waals surface area contributed by atoms with Crippen molar-refractivity contribution >= 4 is 21.8 Å². The monoisotopic (exact) mass is 211 g/mol. The molecule has 5 heteroatoms. The molecular weight excluding hydrogens is 194 g/mol. The molecule has 1 unspecified atom stereocenters. The molecule has 0 N–H and O–H groups in total. The van der Waals surface area contributed by atoms with Crippen molar-refractivity contribution in [3.63, 3.8) is 0 Å². The SMILES string of the molecule is CSCCC(C)N(C)S(C)(=O)=O. The molecule has 12 heavy (non-hydrogen) atoms. The summed E-state index contributed by atoms with van der Waals surface area (Å²) in [6.07, 6.45) is 4.17. The van der Waals surface area contributed by atoms with Gasteiger partial charge >= 0.3 is 0 Å². The van der Waals surface area contributed by atoms with Gasteiger partial charge in [0, 0.05) is 13.1 Å². The van der Waals surface area contributed by atoms with Crippen molar-refractivity contribution < 1.29 is 8.42 Å². The van der Waals surface area contributed by atoms with Crippen LogP contribution in [0.5, 0.6) is 0 Å². The molecular formula is C7H17NO2S2. The van der Waals surface area contributed by atoms with Crippen molar-refractivity contribution in [2.45, 2.75) is 19.4 Å². The van der Waals surface area contributed by atoms with E-state index in [4.69, 9.17) is 0 Å². The molecule has 0 aliphatic carbocycles. The van der Waals surface area contributed by atoms with E-state index in [-0.39, 0.29) is 6.04 Å². The van der Waals surface area contributed by atoms with E-state index in [1.807, 2.05) is 13.2 Å². The van der Waals surface area contributed by atoms with Crippen LogP contribution < -0.4 is 0 Å². The minimum Gasteiger partial charge on any atom is -0.213 e. The molecule has 0 aliphatic heterocycles. The maximum atomic E-state index is 11.1. The second-order valence-electron chi connectivity index (χ2n) is 2.91. The molecule has 0 rings (SSSR count). The van der Waals surface area contributed by atoms with Gasteiger partial charge in [-0.25, -0.2) is 12.7 Å². The third-order valence-electron chi connectivity index (χ3n) is 1.88. The number of hydrogen-bond acceptors (Lipinski definition) is 3. The van der Waals surface area contributed by atoms with Crippen LogP contribution in [0.3, 0.4) is 0 Å². The Labute approximate surface area is 79.6 Å². The van der Waals surface area contributed by atoms with E-state index in [1.54, 1.807) is 18.8 Å². The van der Waals surface area contributed by atoms with Crippen molar-refractivity contribution in [1.29, 1.82) is 0 Å². The molecule has 0 fully saturated rings. The molecule has 3 nitrogen and oxygen atoms in total. The van der Waals surface area contributed by atoms with E-state index < -0.39 is 10.0 Å². The number of thioether (sulfide) groups is 1. The maximum absolute atomic E-state index is 11.1. The Morgan fingerprint density at radius 3 is 2.33 bits per heavy atom. The van der Waals surface area contributed by atoms with Gasteiger partial charge in [0.05, 0.1) is 6.26 Å². The number of sulfonamides is 1. The third kappa shape index (κ3) is 4.33. The highest BCUT2D eigenvalue weighted by Crippen LogP contribution is 2.08. The van der Waals surface area contributed by atoms with E-state index >= 15 is 0 Å². The summed E-state index contributed by atoms with van der Waals surface area (Å²) in [5, 5.41) is 0. The van der Waals surface area contributed by atoms with Gasteiger partial charge in [0.1, 0.15) is 0 Å². The summed E-state index contributed by atoms with van der Waals surface area (Å²) in [6.45, 7) is 1.93. The van der Waals surface area contributed by atoms with Gasteiger partial charge in [-0.2, -0.15) is 11.8 Å². The zero-order valence-electron chi connectivity index (χ0n) is 8.07. The Bertz CT molecular complexity index is 213. The van der Waals surface area contributed by atoms with Gasteiger partial charge in [-0.3, -0.25) is 0 Å². The zero-order valence-corrected chi connectivity index (χ0v) is 9.70. The molecule has 0 radical (unpaired) electrons. The first-order chi connectivity index (χ1) is 5.39. The van der Waals surface area contributed by atoms with Crippen LogP contribution in [0.25, 0.3) is 0 Å². The number of hydrogen-bond donors (Lipinski definition) is 0. The molecule has 0 saturated carbocycles. The largest absolute Gasteiger partial charge is 0.213 e. The average Bonchev–Trinajstić information content (AvgIpc) is 1.97. The van der Waals surface area contributed by atoms with Crippen LogP contribution >= 0.6 is 11.8 Å². The van der Waals surface area contributed by atoms with E-state index in [2.05, 4.69) is 0 Å². The summed E-state index contributed by atoms with van der Waals surface area (Å²) in [4.78, 5) is 0. The Morgan fingerprint density at radius 1 is 1.50 bits per heavy atom. The molecule has 0 bridgehead atoms. The molecule has 0 aromatic rings. The first-order valence-corrected chi connectivity index (χ1v) is 7.05. The van der Waals surface area contributed by atoms with Gasteiger partial charge in [-0.1, -0.05) is 0 Å². The summed E-state index contributed by atoms with van der Waals surface area (Å²) in [7, 11) is -1.38. The first kappa shape index (κ1) is 12.3. The van der Waals surface area contributed by atoms with E-state index in [0.29, 0.717) is 0 Å². The van der Waals surface area contributed by atoms with E-state index in [9.17, 15) is 8.42 Å². The second-order valence-corrected chi connectivity index (χ2v) is 5.94. The van der Waals surface area contributed by atoms with E-state index in [0.717, 1.165) is 12.2 Å². The Kier molecular flexibility index (Phi) is 5.20. The quantitative estimate of drug-likeness (QED) is 0.681. The predicted molar refractivity (Wildman–Crippen MR) is 55.1 cm³/mol. The molecule has 1 atom stereocenters. The van der Waals surface area contributed by atoms with Crippen LogP contribution in [-0.2, 0) is 10.0 Å². The topological polar surface area (TPSA) is 37.4 Å². The summed E-state index contributed by atoms with van der Waals surface area (Å²) in [5.41, 5.74) is 0. The van der Waals surface area contributed by atoms with Crippen LogP contribution in [0, 0.1) is 0 Å². The lowest BCUT2D eigenvalue weighted by Gasteiger charge is -2.21. The highest BCUT2D eigenvalue weighted by molar-refractivity contribution is 7.98. The fraction of sp³-hybridized carbons (Fsp3) is 1.00. The van der Waals surface area contributed by atoms with Crippen molar-refractivity contribution in [1.82, 2.24) is 4.31 Å². The molecule has 0 saturated heterocycles. The number of nitrogens with zero attached hydrogens (tertiary/aromatic N) is 1. The standard InChI is InChI=1S/C7H17NO2S2/c1-7(5-6-11-3)8(2)12(4,9)10/h7H,5-6H2,1-4H3. The summed E-state index contributed by atoms with van der Waals surface area (Å²) in [6, 6.07) is 0.104. The molecule has 74 valence electrons. The molecule has 0 heterocycles. The fourth-order valence-corrected chi connectivity index (χ4v) is 2.13. The minimum atomic E-state index is -3.01. The minimum absolute atomic E-state index is 0.104. The third-order valence-corrected chi connectivity index (χ3v) is 3.93. The van der Waals surface area contributed by atoms with Crippen molar-refractivity contribution in [3.8, 4) is 0 Å². The van der Waals surface area contributed by atoms with Crippen LogP contribution in [0.2, 0.25) is 0 Å². The fourth-order valence-electron chi connectivity index (χ4n) is 0.797. The second kappa shape index (κ2) is 5.09. The highest BCUT2D eigenvalue weighted by atomic mass is 32.2. The lowest BCUT2D eigenvalue weighted by molar-refractivity contribution is 0.385. The predicted octanol–water partition coefficient (Wildman–Crippen LogP) is 1.02. The first-order valence-electron chi connectivity index (χ1n) is 3.81. The smallest absolute Gasteiger partial charge is 0.211 e. The van der Waals surface area contributed by atoms with Crippen molar-refractivity contribution in [2.24, 2.45) is 0 Å². The molecule has 0 spiro atoms. The van der Waals surface area contributed by atoms with E-state index in [1.165, 1.54) is 10.6 Å².